The molecule has 4 aliphatic carbocycles. The third-order valence-corrected chi connectivity index (χ3v) is 19.6. The van der Waals surface area contributed by atoms with E-state index in [-0.39, 0.29) is 17.6 Å². The fourth-order valence-electron chi connectivity index (χ4n) is 14.2. The number of alkyl halides is 1. The van der Waals surface area contributed by atoms with Crippen LogP contribution in [0.4, 0.5) is 4.79 Å². The summed E-state index contributed by atoms with van der Waals surface area (Å²) < 4.78 is 133. The fraction of sp³-hybridized carbons (Fsp3) is 0.961. The highest BCUT2D eigenvalue weighted by atomic mass is 35.5. The second-order valence-corrected chi connectivity index (χ2v) is 27.6. The molecular weight excluding hydrogens is 1360 g/mol. The van der Waals surface area contributed by atoms with Gasteiger partial charge >= 0.3 is 6.09 Å². The average molecular weight is 1510 g/mol. The van der Waals surface area contributed by atoms with Gasteiger partial charge < -0.3 is 119 Å². The Kier molecular flexibility index (Phi) is 60.3. The number of fused-ring (bicyclic) bond motifs is 5. The van der Waals surface area contributed by atoms with E-state index in [9.17, 15) is 4.79 Å². The zero-order valence-corrected chi connectivity index (χ0v) is 65.2. The van der Waals surface area contributed by atoms with Crippen LogP contribution in [0.5, 0.6) is 0 Å². The van der Waals surface area contributed by atoms with Crippen molar-refractivity contribution in [1.29, 1.82) is 0 Å². The van der Waals surface area contributed by atoms with Crippen molar-refractivity contribution in [1.82, 2.24) is 5.32 Å². The standard InChI is InChI=1S/C76H142ClNO25/c1-66(2)7-6-8-67(3)71-11-12-72-70-10-9-68-65-69(13-15-75(68,4)73(70)14-16-76(71,72)5)103-74(79)78-18-20-81-22-24-83-26-28-85-30-32-87-34-36-89-38-40-91-42-44-93-46-48-95-50-52-97-54-56-99-58-60-101-62-64-102-63-61-100-59-57-98-55-53-96-51-49-94-47-45-92-43-41-90-39-37-88-35-33-86-31-29-84-27-25-82-23-21-80-19-17-77/h9,66-67,69-73H,6-8,10-65H2,1-5H3,(H,78,79)/t67-,69+,70+,71-,72+,73+,75+,76-/m1/s1. The Labute approximate surface area is 624 Å². The van der Waals surface area contributed by atoms with Crippen LogP contribution in [0, 0.1) is 46.3 Å². The lowest BCUT2D eigenvalue weighted by molar-refractivity contribution is -0.0581. The monoisotopic (exact) mass is 1500 g/mol. The smallest absolute Gasteiger partial charge is 0.407 e. The number of rotatable bonds is 77. The molecule has 1 N–H and O–H groups in total. The lowest BCUT2D eigenvalue weighted by atomic mass is 9.47. The highest BCUT2D eigenvalue weighted by Crippen LogP contribution is 2.67. The van der Waals surface area contributed by atoms with Crippen LogP contribution < -0.4 is 5.32 Å². The van der Waals surface area contributed by atoms with Crippen molar-refractivity contribution in [3.05, 3.63) is 11.6 Å². The molecule has 0 spiro atoms. The van der Waals surface area contributed by atoms with Crippen molar-refractivity contribution in [2.24, 2.45) is 46.3 Å². The maximum atomic E-state index is 12.8. The molecule has 103 heavy (non-hydrogen) atoms. The van der Waals surface area contributed by atoms with Gasteiger partial charge in [0.25, 0.3) is 0 Å². The number of alkyl carbamates (subject to hydrolysis) is 1. The molecule has 0 bridgehead atoms. The van der Waals surface area contributed by atoms with Crippen LogP contribution in [0.1, 0.15) is 105 Å². The summed E-state index contributed by atoms with van der Waals surface area (Å²) in [6, 6.07) is 0. The Balaban J connectivity index is 0.732. The van der Waals surface area contributed by atoms with Gasteiger partial charge in [0.2, 0.25) is 0 Å². The van der Waals surface area contributed by atoms with E-state index in [1.54, 1.807) is 5.57 Å². The third kappa shape index (κ3) is 47.3. The normalized spacial score (nSPS) is 21.3. The molecule has 0 radical (unpaired) electrons. The van der Waals surface area contributed by atoms with Gasteiger partial charge in [-0.25, -0.2) is 4.79 Å². The Morgan fingerprint density at radius 2 is 0.689 bits per heavy atom. The molecule has 0 heterocycles. The number of hydrogen-bond acceptors (Lipinski definition) is 25. The molecular formula is C76H142ClNO25. The zero-order chi connectivity index (χ0) is 73.3. The summed E-state index contributed by atoms with van der Waals surface area (Å²) in [6.07, 6.45) is 16.0. The van der Waals surface area contributed by atoms with Crippen molar-refractivity contribution in [2.75, 3.05) is 316 Å². The maximum absolute atomic E-state index is 12.8. The van der Waals surface area contributed by atoms with E-state index in [2.05, 4.69) is 46.0 Å². The Bertz CT molecular complexity index is 1930. The number of allylic oxidation sites excluding steroid dienone is 1. The van der Waals surface area contributed by atoms with Crippen LogP contribution in [0.15, 0.2) is 11.6 Å². The first kappa shape index (κ1) is 93.8. The molecule has 0 aromatic rings. The second kappa shape index (κ2) is 66.2. The molecule has 0 aromatic heterocycles. The first-order valence-corrected chi connectivity index (χ1v) is 39.7. The molecule has 26 nitrogen and oxygen atoms in total. The van der Waals surface area contributed by atoms with Crippen LogP contribution in [-0.2, 0) is 114 Å². The maximum Gasteiger partial charge on any atom is 0.407 e. The summed E-state index contributed by atoms with van der Waals surface area (Å²) in [5, 5.41) is 2.89. The van der Waals surface area contributed by atoms with Gasteiger partial charge in [-0.1, -0.05) is 65.5 Å². The highest BCUT2D eigenvalue weighted by Gasteiger charge is 2.59. The van der Waals surface area contributed by atoms with E-state index in [4.69, 9.17) is 125 Å². The van der Waals surface area contributed by atoms with Crippen LogP contribution in [0.2, 0.25) is 0 Å². The van der Waals surface area contributed by atoms with Gasteiger partial charge in [0.1, 0.15) is 6.10 Å². The Morgan fingerprint density at radius 3 is 0.990 bits per heavy atom. The van der Waals surface area contributed by atoms with Gasteiger partial charge in [-0.15, -0.1) is 11.6 Å². The Morgan fingerprint density at radius 1 is 0.388 bits per heavy atom. The van der Waals surface area contributed by atoms with E-state index in [1.807, 2.05) is 0 Å². The van der Waals surface area contributed by atoms with Crippen molar-refractivity contribution < 1.29 is 118 Å². The van der Waals surface area contributed by atoms with Gasteiger partial charge in [0.15, 0.2) is 0 Å². The number of amides is 1. The van der Waals surface area contributed by atoms with Gasteiger partial charge in [-0.3, -0.25) is 0 Å². The topological polar surface area (TPSA) is 251 Å². The summed E-state index contributed by atoms with van der Waals surface area (Å²) in [7, 11) is 0. The summed E-state index contributed by atoms with van der Waals surface area (Å²) in [4.78, 5) is 12.8. The minimum atomic E-state index is -0.349. The van der Waals surface area contributed by atoms with E-state index >= 15 is 0 Å². The van der Waals surface area contributed by atoms with Crippen molar-refractivity contribution in [3.8, 4) is 0 Å². The molecule has 0 aromatic carbocycles. The second-order valence-electron chi connectivity index (χ2n) is 27.3. The number of hydrogen-bond donors (Lipinski definition) is 1. The molecule has 4 aliphatic rings. The highest BCUT2D eigenvalue weighted by molar-refractivity contribution is 6.17. The van der Waals surface area contributed by atoms with Gasteiger partial charge in [-0.2, -0.15) is 0 Å². The lowest BCUT2D eigenvalue weighted by Gasteiger charge is -2.58. The SMILES string of the molecule is CC(C)CCC[C@@H](C)[C@H]1CC[C@H]2[C@@H]3CC=C4C[C@@H](OC(=O)NCCOCCOCCOCCOCCOCCOCCOCCOCCOCCOCCOCCOCCOCCOCCOCCOCCOCCOCCOCCOCCOCCOCCOCCCl)CC[C@]4(C)[C@H]3CC[C@]12C. The molecule has 0 aliphatic heterocycles. The van der Waals surface area contributed by atoms with E-state index in [0.29, 0.717) is 322 Å². The number of carbonyl (C=O) groups excluding carboxylic acids is 1. The number of nitrogens with one attached hydrogen (secondary N) is 1. The van der Waals surface area contributed by atoms with Crippen LogP contribution >= 0.6 is 11.6 Å². The van der Waals surface area contributed by atoms with Crippen molar-refractivity contribution in [3.63, 3.8) is 0 Å². The molecule has 0 saturated heterocycles. The number of halogens is 1. The predicted octanol–water partition coefficient (Wildman–Crippen LogP) is 8.74. The largest absolute Gasteiger partial charge is 0.446 e. The van der Waals surface area contributed by atoms with E-state index < -0.39 is 0 Å². The summed E-state index contributed by atoms with van der Waals surface area (Å²) in [6.45, 7) is 35.3. The molecule has 1 amide bonds. The molecule has 0 unspecified atom stereocenters. The molecule has 608 valence electrons. The van der Waals surface area contributed by atoms with Crippen molar-refractivity contribution in [2.45, 2.75) is 111 Å². The summed E-state index contributed by atoms with van der Waals surface area (Å²) in [5.74, 6) is 5.42. The van der Waals surface area contributed by atoms with Crippen LogP contribution in [0.3, 0.4) is 0 Å². The Hall–Kier alpha value is -1.62. The number of ether oxygens (including phenoxy) is 24. The van der Waals surface area contributed by atoms with Gasteiger partial charge in [0, 0.05) is 18.8 Å². The molecule has 3 fully saturated rings. The van der Waals surface area contributed by atoms with Crippen LogP contribution in [0.25, 0.3) is 0 Å². The molecule has 4 rings (SSSR count). The first-order valence-electron chi connectivity index (χ1n) is 39.2. The zero-order valence-electron chi connectivity index (χ0n) is 64.4. The summed E-state index contributed by atoms with van der Waals surface area (Å²) >= 11 is 5.54. The first-order chi connectivity index (χ1) is 50.7. The quantitative estimate of drug-likeness (QED) is 0.0339. The minimum absolute atomic E-state index is 0.0604. The third-order valence-electron chi connectivity index (χ3n) is 19.5. The predicted molar refractivity (Wildman–Crippen MR) is 391 cm³/mol. The lowest BCUT2D eigenvalue weighted by Crippen LogP contribution is -2.51. The number of carbonyl (C=O) groups is 1. The molecule has 27 heteroatoms. The van der Waals surface area contributed by atoms with E-state index in [0.717, 1.165) is 54.8 Å². The molecule has 3 saturated carbocycles. The average Bonchev–Trinajstić information content (AvgIpc) is 1.69. The van der Waals surface area contributed by atoms with Gasteiger partial charge in [-0.05, 0) is 91.3 Å². The minimum Gasteiger partial charge on any atom is -0.446 e. The summed E-state index contributed by atoms with van der Waals surface area (Å²) in [5.41, 5.74) is 2.28. The molecule has 8 atom stereocenters. The van der Waals surface area contributed by atoms with E-state index in [1.165, 1.54) is 51.4 Å². The van der Waals surface area contributed by atoms with Crippen molar-refractivity contribution >= 4 is 17.7 Å². The fourth-order valence-corrected chi connectivity index (χ4v) is 14.3. The van der Waals surface area contributed by atoms with Gasteiger partial charge in [0.05, 0.1) is 304 Å². The van der Waals surface area contributed by atoms with Crippen LogP contribution in [-0.4, -0.2) is 329 Å².